The Hall–Kier alpha value is -1.69. The molecule has 0 saturated heterocycles. The van der Waals surface area contributed by atoms with Crippen LogP contribution in [0.4, 0.5) is 11.8 Å². The summed E-state index contributed by atoms with van der Waals surface area (Å²) in [5.41, 5.74) is 6.43. The van der Waals surface area contributed by atoms with Crippen molar-refractivity contribution in [1.29, 1.82) is 0 Å². The predicted octanol–water partition coefficient (Wildman–Crippen LogP) is 2.00. The number of nitrogen functional groups attached to an aromatic ring is 1. The van der Waals surface area contributed by atoms with Crippen LogP contribution in [0, 0.1) is 6.92 Å². The van der Waals surface area contributed by atoms with Crippen LogP contribution in [-0.4, -0.2) is 15.0 Å². The number of thiazole rings is 1. The molecular weight excluding hydrogens is 222 g/mol. The number of aryl methyl sites for hydroxylation is 1. The normalized spacial score (nSPS) is 12.4. The summed E-state index contributed by atoms with van der Waals surface area (Å²) in [5.74, 6) is 1.02. The van der Waals surface area contributed by atoms with E-state index in [0.29, 0.717) is 0 Å². The Labute approximate surface area is 97.8 Å². The number of nitrogens with one attached hydrogen (secondary N) is 1. The van der Waals surface area contributed by atoms with Crippen LogP contribution in [-0.2, 0) is 0 Å². The highest BCUT2D eigenvalue weighted by Crippen LogP contribution is 2.20. The number of nitrogens with two attached hydrogens (primary N) is 1. The Morgan fingerprint density at radius 3 is 2.88 bits per heavy atom. The van der Waals surface area contributed by atoms with Gasteiger partial charge in [-0.3, -0.25) is 0 Å². The zero-order valence-electron chi connectivity index (χ0n) is 9.14. The molecule has 0 aliphatic rings. The molecule has 84 valence electrons. The topological polar surface area (TPSA) is 76.7 Å². The Kier molecular flexibility index (Phi) is 3.00. The van der Waals surface area contributed by atoms with Gasteiger partial charge in [-0.25, -0.2) is 9.97 Å². The van der Waals surface area contributed by atoms with Crippen molar-refractivity contribution in [2.75, 3.05) is 11.1 Å². The lowest BCUT2D eigenvalue weighted by atomic mass is 10.3. The minimum Gasteiger partial charge on any atom is -0.368 e. The van der Waals surface area contributed by atoms with E-state index in [1.165, 1.54) is 0 Å². The fourth-order valence-electron chi connectivity index (χ4n) is 1.40. The van der Waals surface area contributed by atoms with Crippen LogP contribution in [0.25, 0.3) is 0 Å². The average Bonchev–Trinajstić information content (AvgIpc) is 2.68. The molecule has 0 aromatic carbocycles. The van der Waals surface area contributed by atoms with Crippen LogP contribution in [0.5, 0.6) is 0 Å². The highest BCUT2D eigenvalue weighted by atomic mass is 32.1. The summed E-state index contributed by atoms with van der Waals surface area (Å²) in [4.78, 5) is 12.4. The summed E-state index contributed by atoms with van der Waals surface area (Å²) in [6.07, 6.45) is 1.79. The highest BCUT2D eigenvalue weighted by Gasteiger charge is 2.09. The second-order valence-electron chi connectivity index (χ2n) is 3.49. The van der Waals surface area contributed by atoms with Gasteiger partial charge in [0, 0.05) is 23.3 Å². The van der Waals surface area contributed by atoms with Crippen LogP contribution >= 0.6 is 11.3 Å². The largest absolute Gasteiger partial charge is 0.368 e. The van der Waals surface area contributed by atoms with Crippen molar-refractivity contribution < 1.29 is 0 Å². The molecule has 2 heterocycles. The molecule has 0 bridgehead atoms. The molecule has 0 aliphatic carbocycles. The molecule has 1 unspecified atom stereocenters. The fraction of sp³-hybridized carbons (Fsp3) is 0.300. The highest BCUT2D eigenvalue weighted by molar-refractivity contribution is 7.09. The zero-order valence-corrected chi connectivity index (χ0v) is 9.95. The molecule has 0 fully saturated rings. The smallest absolute Gasteiger partial charge is 0.222 e. The van der Waals surface area contributed by atoms with Gasteiger partial charge < -0.3 is 11.1 Å². The lowest BCUT2D eigenvalue weighted by Crippen LogP contribution is -2.09. The van der Waals surface area contributed by atoms with Crippen molar-refractivity contribution >= 4 is 23.1 Å². The molecule has 0 radical (unpaired) electrons. The van der Waals surface area contributed by atoms with Gasteiger partial charge in [0.05, 0.1) is 6.04 Å². The summed E-state index contributed by atoms with van der Waals surface area (Å²) in [7, 11) is 0. The maximum Gasteiger partial charge on any atom is 0.222 e. The van der Waals surface area contributed by atoms with Crippen molar-refractivity contribution in [3.05, 3.63) is 28.3 Å². The summed E-state index contributed by atoms with van der Waals surface area (Å²) >= 11 is 1.61. The van der Waals surface area contributed by atoms with Crippen LogP contribution in [0.2, 0.25) is 0 Å². The zero-order chi connectivity index (χ0) is 11.5. The summed E-state index contributed by atoms with van der Waals surface area (Å²) in [5, 5.41) is 6.22. The molecule has 0 spiro atoms. The second kappa shape index (κ2) is 4.44. The molecule has 0 aliphatic heterocycles. The van der Waals surface area contributed by atoms with Gasteiger partial charge in [-0.15, -0.1) is 11.3 Å². The van der Waals surface area contributed by atoms with Gasteiger partial charge >= 0.3 is 0 Å². The Bertz CT molecular complexity index is 448. The van der Waals surface area contributed by atoms with Gasteiger partial charge in [0.25, 0.3) is 0 Å². The Morgan fingerprint density at radius 1 is 1.44 bits per heavy atom. The average molecular weight is 235 g/mol. The van der Waals surface area contributed by atoms with Crippen molar-refractivity contribution in [2.45, 2.75) is 19.9 Å². The Morgan fingerprint density at radius 2 is 2.25 bits per heavy atom. The molecule has 0 amide bonds. The molecule has 5 nitrogen and oxygen atoms in total. The minimum atomic E-state index is 0.119. The van der Waals surface area contributed by atoms with E-state index >= 15 is 0 Å². The third-order valence-corrected chi connectivity index (χ3v) is 3.02. The van der Waals surface area contributed by atoms with Crippen molar-refractivity contribution in [2.24, 2.45) is 0 Å². The van der Waals surface area contributed by atoms with Crippen LogP contribution in [0.15, 0.2) is 17.6 Å². The van der Waals surface area contributed by atoms with Gasteiger partial charge in [-0.05, 0) is 13.8 Å². The van der Waals surface area contributed by atoms with Crippen LogP contribution in [0.3, 0.4) is 0 Å². The van der Waals surface area contributed by atoms with E-state index in [-0.39, 0.29) is 12.0 Å². The van der Waals surface area contributed by atoms with Gasteiger partial charge in [0.2, 0.25) is 5.95 Å². The number of anilines is 2. The number of hydrogen-bond acceptors (Lipinski definition) is 6. The monoisotopic (exact) mass is 235 g/mol. The Balaban J connectivity index is 2.15. The van der Waals surface area contributed by atoms with E-state index in [1.807, 2.05) is 25.3 Å². The van der Waals surface area contributed by atoms with Crippen molar-refractivity contribution in [1.82, 2.24) is 15.0 Å². The molecule has 16 heavy (non-hydrogen) atoms. The van der Waals surface area contributed by atoms with E-state index < -0.39 is 0 Å². The van der Waals surface area contributed by atoms with Crippen LogP contribution < -0.4 is 11.1 Å². The van der Waals surface area contributed by atoms with Crippen molar-refractivity contribution in [3.8, 4) is 0 Å². The first-order valence-corrected chi connectivity index (χ1v) is 5.80. The molecule has 3 N–H and O–H groups in total. The standard InChI is InChI=1S/C10H13N5S/c1-6-5-8(15-10(11)13-6)14-7(2)9-12-3-4-16-9/h3-5,7H,1-2H3,(H3,11,13,14,15). The number of aromatic nitrogens is 3. The SMILES string of the molecule is Cc1cc(NC(C)c2nccs2)nc(N)n1. The lowest BCUT2D eigenvalue weighted by Gasteiger charge is -2.12. The molecule has 2 aromatic rings. The second-order valence-corrected chi connectivity index (χ2v) is 4.42. The van der Waals surface area contributed by atoms with E-state index in [4.69, 9.17) is 5.73 Å². The fourth-order valence-corrected chi connectivity index (χ4v) is 2.04. The van der Waals surface area contributed by atoms with Crippen molar-refractivity contribution in [3.63, 3.8) is 0 Å². The molecule has 2 aromatic heterocycles. The molecule has 1 atom stereocenters. The first-order valence-electron chi connectivity index (χ1n) is 4.92. The van der Waals surface area contributed by atoms with Gasteiger partial charge in [0.15, 0.2) is 0 Å². The maximum absolute atomic E-state index is 5.58. The lowest BCUT2D eigenvalue weighted by molar-refractivity contribution is 0.858. The molecule has 2 rings (SSSR count). The van der Waals surface area contributed by atoms with E-state index in [9.17, 15) is 0 Å². The third kappa shape index (κ3) is 2.46. The van der Waals surface area contributed by atoms with E-state index in [1.54, 1.807) is 17.5 Å². The number of hydrogen-bond donors (Lipinski definition) is 2. The predicted molar refractivity (Wildman–Crippen MR) is 65.3 cm³/mol. The minimum absolute atomic E-state index is 0.119. The van der Waals surface area contributed by atoms with Gasteiger partial charge in [0.1, 0.15) is 10.8 Å². The number of rotatable bonds is 3. The summed E-state index contributed by atoms with van der Waals surface area (Å²) in [6, 6.07) is 1.98. The summed E-state index contributed by atoms with van der Waals surface area (Å²) < 4.78 is 0. The van der Waals surface area contributed by atoms with Crippen LogP contribution in [0.1, 0.15) is 23.7 Å². The first kappa shape index (κ1) is 10.8. The third-order valence-electron chi connectivity index (χ3n) is 2.06. The summed E-state index contributed by atoms with van der Waals surface area (Å²) in [6.45, 7) is 3.92. The van der Waals surface area contributed by atoms with E-state index in [0.717, 1.165) is 16.5 Å². The molecule has 0 saturated carbocycles. The first-order chi connectivity index (χ1) is 7.65. The molecule has 6 heteroatoms. The maximum atomic E-state index is 5.58. The molecular formula is C10H13N5S. The van der Waals surface area contributed by atoms with Gasteiger partial charge in [-0.2, -0.15) is 4.98 Å². The van der Waals surface area contributed by atoms with E-state index in [2.05, 4.69) is 20.3 Å². The number of nitrogens with zero attached hydrogens (tertiary/aromatic N) is 3. The quantitative estimate of drug-likeness (QED) is 0.850. The van der Waals surface area contributed by atoms with Gasteiger partial charge in [-0.1, -0.05) is 0 Å².